The van der Waals surface area contributed by atoms with Gasteiger partial charge in [-0.2, -0.15) is 13.1 Å². The maximum Gasteiger partial charge on any atom is 0.328 e. The molecule has 9 heteroatoms. The van der Waals surface area contributed by atoms with Crippen LogP contribution in [-0.4, -0.2) is 30.6 Å². The van der Waals surface area contributed by atoms with Gasteiger partial charge in [-0.3, -0.25) is 9.36 Å². The second-order valence-electron chi connectivity index (χ2n) is 5.10. The predicted octanol–water partition coefficient (Wildman–Crippen LogP) is -0.478. The molecule has 0 unspecified atom stereocenters. The largest absolute Gasteiger partial charge is 0.328 e. The van der Waals surface area contributed by atoms with Crippen molar-refractivity contribution >= 4 is 21.1 Å². The van der Waals surface area contributed by atoms with Gasteiger partial charge >= 0.3 is 5.69 Å². The van der Waals surface area contributed by atoms with E-state index >= 15 is 0 Å². The summed E-state index contributed by atoms with van der Waals surface area (Å²) in [5.74, 6) is 0. The minimum absolute atomic E-state index is 0.0575. The number of fused-ring (bicyclic) bond motifs is 1. The van der Waals surface area contributed by atoms with Gasteiger partial charge in [0.15, 0.2) is 0 Å². The van der Waals surface area contributed by atoms with E-state index in [0.717, 1.165) is 4.57 Å². The van der Waals surface area contributed by atoms with Gasteiger partial charge < -0.3 is 4.98 Å². The average molecular weight is 326 g/mol. The number of aromatic nitrogens is 2. The van der Waals surface area contributed by atoms with Gasteiger partial charge in [0.25, 0.3) is 15.8 Å². The molecule has 8 nitrogen and oxygen atoms in total. The lowest BCUT2D eigenvalue weighted by molar-refractivity contribution is 0.543. The van der Waals surface area contributed by atoms with E-state index in [-0.39, 0.29) is 19.1 Å². The van der Waals surface area contributed by atoms with Crippen molar-refractivity contribution < 1.29 is 8.42 Å². The quantitative estimate of drug-likeness (QED) is 0.665. The van der Waals surface area contributed by atoms with Gasteiger partial charge in [0.2, 0.25) is 0 Å². The fourth-order valence-corrected chi connectivity index (χ4v) is 3.11. The summed E-state index contributed by atoms with van der Waals surface area (Å²) in [6.07, 6.45) is 0. The highest BCUT2D eigenvalue weighted by Crippen LogP contribution is 2.02. The number of aromatic amines is 1. The number of para-hydroxylation sites is 1. The number of hydrogen-bond acceptors (Lipinski definition) is 4. The van der Waals surface area contributed by atoms with Crippen molar-refractivity contribution in [2.45, 2.75) is 26.4 Å². The van der Waals surface area contributed by atoms with Crippen molar-refractivity contribution in [3.63, 3.8) is 0 Å². The van der Waals surface area contributed by atoms with Crippen LogP contribution in [0.5, 0.6) is 0 Å². The summed E-state index contributed by atoms with van der Waals surface area (Å²) in [7, 11) is -3.65. The summed E-state index contributed by atoms with van der Waals surface area (Å²) in [4.78, 5) is 26.7. The van der Waals surface area contributed by atoms with Gasteiger partial charge in [-0.1, -0.05) is 12.1 Å². The molecule has 0 amide bonds. The molecule has 0 saturated carbocycles. The van der Waals surface area contributed by atoms with E-state index in [2.05, 4.69) is 14.4 Å². The molecule has 3 N–H and O–H groups in total. The van der Waals surface area contributed by atoms with E-state index in [4.69, 9.17) is 0 Å². The third-order valence-electron chi connectivity index (χ3n) is 2.91. The van der Waals surface area contributed by atoms with Crippen LogP contribution in [0.25, 0.3) is 10.9 Å². The second-order valence-corrected chi connectivity index (χ2v) is 6.63. The molecule has 0 aliphatic heterocycles. The van der Waals surface area contributed by atoms with Crippen LogP contribution in [0.3, 0.4) is 0 Å². The van der Waals surface area contributed by atoms with Crippen molar-refractivity contribution in [2.75, 3.05) is 6.54 Å². The standard InChI is InChI=1S/C13H18N4O4S/c1-9(2)16-22(20,21)14-7-8-17-12(18)10-5-3-4-6-11(10)15-13(17)19/h3-6,9,14,16H,7-8H2,1-2H3,(H,15,19). The van der Waals surface area contributed by atoms with Crippen LogP contribution in [0, 0.1) is 0 Å². The fraction of sp³-hybridized carbons (Fsp3) is 0.385. The molecule has 2 aromatic rings. The molecule has 0 spiro atoms. The first-order valence-corrected chi connectivity index (χ1v) is 8.27. The summed E-state index contributed by atoms with van der Waals surface area (Å²) in [6.45, 7) is 3.26. The number of H-pyrrole nitrogens is 1. The normalized spacial score (nSPS) is 12.1. The Morgan fingerprint density at radius 3 is 2.59 bits per heavy atom. The molecule has 1 heterocycles. The highest BCUT2D eigenvalue weighted by molar-refractivity contribution is 7.87. The van der Waals surface area contributed by atoms with E-state index in [1.807, 2.05) is 0 Å². The van der Waals surface area contributed by atoms with Crippen molar-refractivity contribution in [2.24, 2.45) is 0 Å². The highest BCUT2D eigenvalue weighted by Gasteiger charge is 2.12. The SMILES string of the molecule is CC(C)NS(=O)(=O)NCCn1c(=O)[nH]c2ccccc2c1=O. The number of nitrogens with one attached hydrogen (secondary N) is 3. The third-order valence-corrected chi connectivity index (χ3v) is 4.27. The first-order valence-electron chi connectivity index (χ1n) is 6.79. The summed E-state index contributed by atoms with van der Waals surface area (Å²) >= 11 is 0. The first kappa shape index (κ1) is 16.4. The Balaban J connectivity index is 2.19. The molecular formula is C13H18N4O4S. The van der Waals surface area contributed by atoms with Crippen LogP contribution < -0.4 is 20.7 Å². The van der Waals surface area contributed by atoms with Gasteiger partial charge in [-0.05, 0) is 26.0 Å². The molecule has 2 rings (SSSR count). The van der Waals surface area contributed by atoms with Crippen LogP contribution >= 0.6 is 0 Å². The molecule has 0 bridgehead atoms. The Morgan fingerprint density at radius 2 is 1.91 bits per heavy atom. The monoisotopic (exact) mass is 326 g/mol. The number of nitrogens with zero attached hydrogens (tertiary/aromatic N) is 1. The topological polar surface area (TPSA) is 113 Å². The van der Waals surface area contributed by atoms with Gasteiger partial charge in [-0.15, -0.1) is 0 Å². The molecule has 0 fully saturated rings. The lowest BCUT2D eigenvalue weighted by Gasteiger charge is -2.11. The van der Waals surface area contributed by atoms with E-state index in [1.54, 1.807) is 38.1 Å². The maximum atomic E-state index is 12.2. The maximum absolute atomic E-state index is 12.2. The van der Waals surface area contributed by atoms with Gasteiger partial charge in [0, 0.05) is 19.1 Å². The van der Waals surface area contributed by atoms with Crippen LogP contribution in [0.4, 0.5) is 0 Å². The fourth-order valence-electron chi connectivity index (χ4n) is 2.05. The molecule has 120 valence electrons. The zero-order valence-electron chi connectivity index (χ0n) is 12.3. The molecule has 22 heavy (non-hydrogen) atoms. The van der Waals surface area contributed by atoms with Gasteiger partial charge in [-0.25, -0.2) is 9.52 Å². The average Bonchev–Trinajstić information content (AvgIpc) is 2.41. The molecule has 0 atom stereocenters. The first-order chi connectivity index (χ1) is 10.3. The second kappa shape index (κ2) is 6.42. The minimum atomic E-state index is -3.65. The van der Waals surface area contributed by atoms with Crippen LogP contribution in [0.1, 0.15) is 13.8 Å². The smallest absolute Gasteiger partial charge is 0.307 e. The molecule has 0 radical (unpaired) electrons. The lowest BCUT2D eigenvalue weighted by atomic mass is 10.2. The Bertz CT molecular complexity index is 883. The van der Waals surface area contributed by atoms with Crippen LogP contribution in [-0.2, 0) is 16.8 Å². The highest BCUT2D eigenvalue weighted by atomic mass is 32.2. The van der Waals surface area contributed by atoms with Crippen LogP contribution in [0.2, 0.25) is 0 Å². The zero-order chi connectivity index (χ0) is 16.3. The van der Waals surface area contributed by atoms with E-state index in [9.17, 15) is 18.0 Å². The summed E-state index contributed by atoms with van der Waals surface area (Å²) in [5.41, 5.74) is -0.564. The van der Waals surface area contributed by atoms with Crippen molar-refractivity contribution in [3.8, 4) is 0 Å². The zero-order valence-corrected chi connectivity index (χ0v) is 13.1. The van der Waals surface area contributed by atoms with Gasteiger partial charge in [0.1, 0.15) is 0 Å². The van der Waals surface area contributed by atoms with Gasteiger partial charge in [0.05, 0.1) is 10.9 Å². The van der Waals surface area contributed by atoms with E-state index < -0.39 is 21.5 Å². The molecule has 0 saturated heterocycles. The van der Waals surface area contributed by atoms with Crippen LogP contribution in [0.15, 0.2) is 33.9 Å². The predicted molar refractivity (Wildman–Crippen MR) is 84.0 cm³/mol. The number of rotatable bonds is 6. The Kier molecular flexibility index (Phi) is 4.79. The Labute approximate surface area is 127 Å². The number of hydrogen-bond donors (Lipinski definition) is 3. The molecule has 0 aliphatic rings. The Hall–Kier alpha value is -1.97. The van der Waals surface area contributed by atoms with Crippen molar-refractivity contribution in [1.82, 2.24) is 19.0 Å². The van der Waals surface area contributed by atoms with Crippen molar-refractivity contribution in [1.29, 1.82) is 0 Å². The van der Waals surface area contributed by atoms with E-state index in [1.165, 1.54) is 0 Å². The van der Waals surface area contributed by atoms with E-state index in [0.29, 0.717) is 10.9 Å². The molecule has 0 aliphatic carbocycles. The van der Waals surface area contributed by atoms with Crippen molar-refractivity contribution in [3.05, 3.63) is 45.1 Å². The third kappa shape index (κ3) is 3.81. The molecule has 1 aromatic carbocycles. The Morgan fingerprint density at radius 1 is 1.23 bits per heavy atom. The minimum Gasteiger partial charge on any atom is -0.307 e. The summed E-state index contributed by atoms with van der Waals surface area (Å²) < 4.78 is 28.9. The number of benzene rings is 1. The lowest BCUT2D eigenvalue weighted by Crippen LogP contribution is -2.43. The summed E-state index contributed by atoms with van der Waals surface area (Å²) in [6, 6.07) is 6.41. The molecule has 1 aromatic heterocycles. The molecular weight excluding hydrogens is 308 g/mol. The summed E-state index contributed by atoms with van der Waals surface area (Å²) in [5, 5.41) is 0.380.